The maximum atomic E-state index is 12.2. The van der Waals surface area contributed by atoms with Crippen LogP contribution >= 0.6 is 0 Å². The molecule has 0 aromatic heterocycles. The summed E-state index contributed by atoms with van der Waals surface area (Å²) in [6, 6.07) is 7.55. The molecule has 1 heterocycles. The third-order valence-corrected chi connectivity index (χ3v) is 3.71. The lowest BCUT2D eigenvalue weighted by Gasteiger charge is -2.17. The van der Waals surface area contributed by atoms with Crippen molar-refractivity contribution < 1.29 is 14.3 Å². The maximum Gasteiger partial charge on any atom is 0.407 e. The molecule has 2 amide bonds. The van der Waals surface area contributed by atoms with Crippen molar-refractivity contribution in [3.63, 3.8) is 0 Å². The summed E-state index contributed by atoms with van der Waals surface area (Å²) in [7, 11) is 1.33. The van der Waals surface area contributed by atoms with E-state index in [2.05, 4.69) is 10.1 Å². The van der Waals surface area contributed by atoms with Crippen molar-refractivity contribution in [3.8, 4) is 0 Å². The van der Waals surface area contributed by atoms with Gasteiger partial charge in [-0.25, -0.2) is 4.79 Å². The largest absolute Gasteiger partial charge is 0.453 e. The van der Waals surface area contributed by atoms with Gasteiger partial charge in [-0.2, -0.15) is 0 Å². The Labute approximate surface area is 124 Å². The van der Waals surface area contributed by atoms with Gasteiger partial charge in [-0.1, -0.05) is 18.2 Å². The standard InChI is InChI=1S/C15H21N3O3/c1-21-15(20)17-12-8-9-18(10-12)14(19)7-6-11-4-2-3-5-13(11)16/h2-5,12H,6-10,16H2,1H3,(H,17,20). The maximum absolute atomic E-state index is 12.2. The number of hydrogen-bond donors (Lipinski definition) is 2. The third kappa shape index (κ3) is 4.11. The van der Waals surface area contributed by atoms with Gasteiger partial charge in [0.2, 0.25) is 5.91 Å². The zero-order valence-electron chi connectivity index (χ0n) is 12.2. The zero-order chi connectivity index (χ0) is 15.2. The second-order valence-electron chi connectivity index (χ2n) is 5.16. The molecule has 0 spiro atoms. The molecule has 114 valence electrons. The number of alkyl carbamates (subject to hydrolysis) is 1. The molecule has 1 unspecified atom stereocenters. The van der Waals surface area contributed by atoms with Gasteiger partial charge in [0.15, 0.2) is 0 Å². The molecule has 1 aromatic carbocycles. The van der Waals surface area contributed by atoms with E-state index >= 15 is 0 Å². The summed E-state index contributed by atoms with van der Waals surface area (Å²) in [5.41, 5.74) is 7.58. The molecule has 2 rings (SSSR count). The SMILES string of the molecule is COC(=O)NC1CCN(C(=O)CCc2ccccc2N)C1. The van der Waals surface area contributed by atoms with E-state index in [-0.39, 0.29) is 11.9 Å². The Bertz CT molecular complexity index is 519. The van der Waals surface area contributed by atoms with Gasteiger partial charge >= 0.3 is 6.09 Å². The minimum atomic E-state index is -0.452. The molecule has 1 atom stereocenters. The lowest BCUT2D eigenvalue weighted by molar-refractivity contribution is -0.130. The first-order valence-corrected chi connectivity index (χ1v) is 7.05. The van der Waals surface area contributed by atoms with E-state index in [9.17, 15) is 9.59 Å². The number of nitrogen functional groups attached to an aromatic ring is 1. The van der Waals surface area contributed by atoms with Crippen molar-refractivity contribution in [2.75, 3.05) is 25.9 Å². The number of methoxy groups -OCH3 is 1. The summed E-state index contributed by atoms with van der Waals surface area (Å²) in [6.45, 7) is 1.20. The van der Waals surface area contributed by atoms with Crippen LogP contribution in [0.1, 0.15) is 18.4 Å². The number of amides is 2. The van der Waals surface area contributed by atoms with Gasteiger partial charge in [0.1, 0.15) is 0 Å². The van der Waals surface area contributed by atoms with Gasteiger partial charge in [-0.05, 0) is 24.5 Å². The van der Waals surface area contributed by atoms with Gasteiger partial charge in [0.25, 0.3) is 0 Å². The van der Waals surface area contributed by atoms with Crippen LogP contribution in [0, 0.1) is 0 Å². The van der Waals surface area contributed by atoms with Crippen molar-refractivity contribution in [3.05, 3.63) is 29.8 Å². The highest BCUT2D eigenvalue weighted by Gasteiger charge is 2.27. The smallest absolute Gasteiger partial charge is 0.407 e. The number of nitrogens with one attached hydrogen (secondary N) is 1. The van der Waals surface area contributed by atoms with Gasteiger partial charge in [0, 0.05) is 25.2 Å². The fraction of sp³-hybridized carbons (Fsp3) is 0.467. The summed E-state index contributed by atoms with van der Waals surface area (Å²) in [5.74, 6) is 0.0902. The fourth-order valence-electron chi connectivity index (χ4n) is 2.49. The van der Waals surface area contributed by atoms with Gasteiger partial charge < -0.3 is 20.7 Å². The molecule has 1 aromatic rings. The van der Waals surface area contributed by atoms with Crippen LogP contribution in [-0.4, -0.2) is 43.1 Å². The summed E-state index contributed by atoms with van der Waals surface area (Å²) in [4.78, 5) is 25.1. The number of carbonyl (C=O) groups is 2. The Balaban J connectivity index is 1.80. The van der Waals surface area contributed by atoms with Crippen LogP contribution in [0.4, 0.5) is 10.5 Å². The topological polar surface area (TPSA) is 84.7 Å². The molecule has 1 aliphatic rings. The van der Waals surface area contributed by atoms with E-state index in [4.69, 9.17) is 5.73 Å². The highest BCUT2D eigenvalue weighted by molar-refractivity contribution is 5.77. The van der Waals surface area contributed by atoms with E-state index in [0.717, 1.165) is 17.7 Å². The number of para-hydroxylation sites is 1. The van der Waals surface area contributed by atoms with Crippen LogP contribution in [0.15, 0.2) is 24.3 Å². The predicted octanol–water partition coefficient (Wildman–Crippen LogP) is 1.16. The molecule has 0 saturated carbocycles. The number of nitrogens with two attached hydrogens (primary N) is 1. The number of likely N-dealkylation sites (tertiary alicyclic amines) is 1. The van der Waals surface area contributed by atoms with Crippen LogP contribution < -0.4 is 11.1 Å². The molecule has 1 saturated heterocycles. The number of rotatable bonds is 4. The Morgan fingerprint density at radius 3 is 2.90 bits per heavy atom. The minimum absolute atomic E-state index is 0.0248. The minimum Gasteiger partial charge on any atom is -0.453 e. The molecule has 1 fully saturated rings. The van der Waals surface area contributed by atoms with Crippen molar-refractivity contribution in [1.29, 1.82) is 0 Å². The Hall–Kier alpha value is -2.24. The van der Waals surface area contributed by atoms with E-state index in [1.165, 1.54) is 7.11 Å². The summed E-state index contributed by atoms with van der Waals surface area (Å²) >= 11 is 0. The highest BCUT2D eigenvalue weighted by atomic mass is 16.5. The van der Waals surface area contributed by atoms with Gasteiger partial charge in [0.05, 0.1) is 13.2 Å². The summed E-state index contributed by atoms with van der Waals surface area (Å²) in [6.07, 6.45) is 1.37. The second kappa shape index (κ2) is 6.97. The van der Waals surface area contributed by atoms with Crippen molar-refractivity contribution >= 4 is 17.7 Å². The van der Waals surface area contributed by atoms with Crippen LogP contribution in [-0.2, 0) is 16.0 Å². The first kappa shape index (κ1) is 15.2. The molecule has 0 bridgehead atoms. The molecule has 0 aliphatic carbocycles. The van der Waals surface area contributed by atoms with E-state index < -0.39 is 6.09 Å². The lowest BCUT2D eigenvalue weighted by atomic mass is 10.1. The molecule has 6 heteroatoms. The average Bonchev–Trinajstić information content (AvgIpc) is 2.94. The van der Waals surface area contributed by atoms with Crippen molar-refractivity contribution in [1.82, 2.24) is 10.2 Å². The van der Waals surface area contributed by atoms with Crippen LogP contribution in [0.25, 0.3) is 0 Å². The van der Waals surface area contributed by atoms with Crippen LogP contribution in [0.2, 0.25) is 0 Å². The molecule has 1 aliphatic heterocycles. The zero-order valence-corrected chi connectivity index (χ0v) is 12.2. The number of anilines is 1. The lowest BCUT2D eigenvalue weighted by Crippen LogP contribution is -2.38. The Kier molecular flexibility index (Phi) is 5.03. The molecule has 6 nitrogen and oxygen atoms in total. The fourth-order valence-corrected chi connectivity index (χ4v) is 2.49. The second-order valence-corrected chi connectivity index (χ2v) is 5.16. The van der Waals surface area contributed by atoms with Crippen molar-refractivity contribution in [2.24, 2.45) is 0 Å². The van der Waals surface area contributed by atoms with Crippen LogP contribution in [0.3, 0.4) is 0 Å². The number of ether oxygens (including phenoxy) is 1. The number of carbonyl (C=O) groups excluding carboxylic acids is 2. The van der Waals surface area contributed by atoms with E-state index in [1.807, 2.05) is 24.3 Å². The van der Waals surface area contributed by atoms with E-state index in [1.54, 1.807) is 4.90 Å². The Morgan fingerprint density at radius 1 is 1.43 bits per heavy atom. The molecule has 21 heavy (non-hydrogen) atoms. The first-order valence-electron chi connectivity index (χ1n) is 7.05. The quantitative estimate of drug-likeness (QED) is 0.815. The van der Waals surface area contributed by atoms with Gasteiger partial charge in [-0.3, -0.25) is 4.79 Å². The van der Waals surface area contributed by atoms with Crippen LogP contribution in [0.5, 0.6) is 0 Å². The average molecular weight is 291 g/mol. The monoisotopic (exact) mass is 291 g/mol. The summed E-state index contributed by atoms with van der Waals surface area (Å²) in [5, 5.41) is 2.72. The molecule has 0 radical (unpaired) electrons. The number of benzene rings is 1. The number of aryl methyl sites for hydroxylation is 1. The third-order valence-electron chi connectivity index (χ3n) is 3.71. The van der Waals surface area contributed by atoms with Gasteiger partial charge in [-0.15, -0.1) is 0 Å². The Morgan fingerprint density at radius 2 is 2.19 bits per heavy atom. The predicted molar refractivity (Wildman–Crippen MR) is 79.7 cm³/mol. The van der Waals surface area contributed by atoms with Crippen molar-refractivity contribution in [2.45, 2.75) is 25.3 Å². The highest BCUT2D eigenvalue weighted by Crippen LogP contribution is 2.15. The molecular weight excluding hydrogens is 270 g/mol. The molecular formula is C15H21N3O3. The van der Waals surface area contributed by atoms with E-state index in [0.29, 0.717) is 25.9 Å². The number of nitrogens with zero attached hydrogens (tertiary/aromatic N) is 1. The molecule has 3 N–H and O–H groups in total. The normalized spacial score (nSPS) is 17.6. The summed E-state index contributed by atoms with van der Waals surface area (Å²) < 4.78 is 4.56. The first-order chi connectivity index (χ1) is 10.1. The number of hydrogen-bond acceptors (Lipinski definition) is 4.